The Balaban J connectivity index is 2.78. The maximum absolute atomic E-state index is 12.3. The molecule has 0 bridgehead atoms. The molecule has 0 heterocycles. The van der Waals surface area contributed by atoms with Crippen LogP contribution in [0.15, 0.2) is 12.1 Å². The van der Waals surface area contributed by atoms with Crippen LogP contribution in [0.5, 0.6) is 5.75 Å². The molecule has 20 heavy (non-hydrogen) atoms. The molecule has 1 saturated carbocycles. The summed E-state index contributed by atoms with van der Waals surface area (Å²) in [6.45, 7) is -5.04. The molecule has 0 aromatic heterocycles. The lowest BCUT2D eigenvalue weighted by Crippen LogP contribution is -2.35. The number of ether oxygens (including phenoxy) is 1. The van der Waals surface area contributed by atoms with E-state index in [0.29, 0.717) is 12.8 Å². The van der Waals surface area contributed by atoms with E-state index in [0.717, 1.165) is 6.92 Å². The van der Waals surface area contributed by atoms with Gasteiger partial charge in [-0.1, -0.05) is 0 Å². The maximum Gasteiger partial charge on any atom is 0.214 e. The van der Waals surface area contributed by atoms with Crippen LogP contribution in [0, 0.1) is 31.0 Å². The van der Waals surface area contributed by atoms with Crippen LogP contribution in [0.25, 0.3) is 0 Å². The van der Waals surface area contributed by atoms with E-state index in [1.807, 2.05) is 0 Å². The van der Waals surface area contributed by atoms with Gasteiger partial charge in [0.2, 0.25) is 6.10 Å². The molecule has 0 N–H and O–H groups in total. The standard InChI is InChI=1S/C16H17NO3/c1-9-6-13(7-10(2)14(9)8-17)20-16(11(3)18)15(19)12-4-5-12/h6-7,12,16H,4-5H2,1-3H3/i1D3,2D3,6D,7D. The van der Waals surface area contributed by atoms with Crippen molar-refractivity contribution in [1.82, 2.24) is 0 Å². The van der Waals surface area contributed by atoms with Crippen LogP contribution in [-0.4, -0.2) is 17.7 Å². The van der Waals surface area contributed by atoms with Gasteiger partial charge in [0.15, 0.2) is 11.6 Å². The van der Waals surface area contributed by atoms with Gasteiger partial charge in [0.1, 0.15) is 5.75 Å². The number of carbonyl (C=O) groups excluding carboxylic acids is 2. The van der Waals surface area contributed by atoms with E-state index in [1.54, 1.807) is 0 Å². The first-order chi connectivity index (χ1) is 12.7. The molecule has 1 aliphatic carbocycles. The number of nitrogens with zero attached hydrogens (tertiary/aromatic N) is 1. The van der Waals surface area contributed by atoms with Crippen LogP contribution in [0.4, 0.5) is 0 Å². The molecule has 0 aliphatic heterocycles. The highest BCUT2D eigenvalue weighted by molar-refractivity contribution is 6.06. The molecule has 4 nitrogen and oxygen atoms in total. The number of nitriles is 1. The first-order valence-electron chi connectivity index (χ1n) is 10.0. The number of Topliss-reactive ketones (excluding diaryl/α,β-unsaturated/α-hetero) is 2. The van der Waals surface area contributed by atoms with Crippen LogP contribution in [-0.2, 0) is 9.59 Å². The second-order valence-electron chi connectivity index (χ2n) is 4.60. The Hall–Kier alpha value is -2.15. The monoisotopic (exact) mass is 279 g/mol. The van der Waals surface area contributed by atoms with Crippen molar-refractivity contribution in [2.45, 2.75) is 39.6 Å². The Morgan fingerprint density at radius 2 is 2.05 bits per heavy atom. The van der Waals surface area contributed by atoms with E-state index in [2.05, 4.69) is 0 Å². The number of benzene rings is 1. The minimum atomic E-state index is -3.06. The Morgan fingerprint density at radius 3 is 2.45 bits per heavy atom. The summed E-state index contributed by atoms with van der Waals surface area (Å²) in [7, 11) is 0. The van der Waals surface area contributed by atoms with Crippen LogP contribution >= 0.6 is 0 Å². The van der Waals surface area contributed by atoms with Gasteiger partial charge >= 0.3 is 0 Å². The lowest BCUT2D eigenvalue weighted by atomic mass is 10.0. The Kier molecular flexibility index (Phi) is 1.92. The van der Waals surface area contributed by atoms with Gasteiger partial charge in [-0.05, 0) is 56.7 Å². The lowest BCUT2D eigenvalue weighted by molar-refractivity contribution is -0.136. The van der Waals surface area contributed by atoms with Crippen molar-refractivity contribution in [3.8, 4) is 11.8 Å². The van der Waals surface area contributed by atoms with Crippen molar-refractivity contribution >= 4 is 11.6 Å². The van der Waals surface area contributed by atoms with Crippen LogP contribution in [0.2, 0.25) is 0 Å². The van der Waals surface area contributed by atoms with Crippen molar-refractivity contribution in [1.29, 1.82) is 5.26 Å². The predicted molar refractivity (Wildman–Crippen MR) is 73.5 cm³/mol. The van der Waals surface area contributed by atoms with Crippen LogP contribution < -0.4 is 4.74 Å². The SMILES string of the molecule is [2H]c1c(OC(C(C)=O)C(=O)C2CC2)c([2H])c(C([2H])([2H])[2H])c(C#N)c1C([2H])([2H])[2H]. The van der Waals surface area contributed by atoms with Gasteiger partial charge in [0, 0.05) is 14.1 Å². The summed E-state index contributed by atoms with van der Waals surface area (Å²) < 4.78 is 67.0. The molecule has 1 aromatic carbocycles. The van der Waals surface area contributed by atoms with E-state index in [1.165, 1.54) is 6.07 Å². The molecule has 4 heteroatoms. The van der Waals surface area contributed by atoms with Gasteiger partial charge in [0.25, 0.3) is 0 Å². The molecule has 0 radical (unpaired) electrons. The summed E-state index contributed by atoms with van der Waals surface area (Å²) in [4.78, 5) is 24.2. The molecule has 0 spiro atoms. The van der Waals surface area contributed by atoms with Crippen molar-refractivity contribution in [2.24, 2.45) is 5.92 Å². The molecule has 104 valence electrons. The molecule has 2 rings (SSSR count). The molecular weight excluding hydrogens is 254 g/mol. The minimum absolute atomic E-state index is 0.403. The smallest absolute Gasteiger partial charge is 0.214 e. The number of ketones is 2. The number of hydrogen-bond acceptors (Lipinski definition) is 4. The van der Waals surface area contributed by atoms with Crippen LogP contribution in [0.1, 0.15) is 47.4 Å². The largest absolute Gasteiger partial charge is 0.475 e. The lowest BCUT2D eigenvalue weighted by Gasteiger charge is -2.16. The van der Waals surface area contributed by atoms with Gasteiger partial charge < -0.3 is 4.74 Å². The van der Waals surface area contributed by atoms with Gasteiger partial charge in [0.05, 0.1) is 14.4 Å². The van der Waals surface area contributed by atoms with Crippen molar-refractivity contribution in [2.75, 3.05) is 0 Å². The zero-order valence-electron chi connectivity index (χ0n) is 18.7. The fourth-order valence-electron chi connectivity index (χ4n) is 1.72. The predicted octanol–water partition coefficient (Wildman–Crippen LogP) is 2.49. The summed E-state index contributed by atoms with van der Waals surface area (Å²) in [5.74, 6) is -2.50. The molecule has 0 saturated heterocycles. The van der Waals surface area contributed by atoms with Gasteiger partial charge in [-0.3, -0.25) is 9.59 Å². The second-order valence-corrected chi connectivity index (χ2v) is 4.60. The first kappa shape index (κ1) is 7.03. The third-order valence-corrected chi connectivity index (χ3v) is 2.93. The average molecular weight is 279 g/mol. The first-order valence-corrected chi connectivity index (χ1v) is 6.00. The summed E-state index contributed by atoms with van der Waals surface area (Å²) in [5.41, 5.74) is -2.61. The molecule has 1 fully saturated rings. The number of hydrogen-bond donors (Lipinski definition) is 0. The average Bonchev–Trinajstić information content (AvgIpc) is 3.35. The minimum Gasteiger partial charge on any atom is -0.475 e. The highest BCUT2D eigenvalue weighted by Crippen LogP contribution is 2.32. The van der Waals surface area contributed by atoms with Gasteiger partial charge in [-0.2, -0.15) is 5.26 Å². The third-order valence-electron chi connectivity index (χ3n) is 2.93. The van der Waals surface area contributed by atoms with E-state index in [4.69, 9.17) is 15.7 Å². The van der Waals surface area contributed by atoms with Crippen molar-refractivity contribution < 1.29 is 25.3 Å². The zero-order valence-corrected chi connectivity index (χ0v) is 10.7. The molecule has 1 aromatic rings. The van der Waals surface area contributed by atoms with E-state index >= 15 is 0 Å². The highest BCUT2D eigenvalue weighted by Gasteiger charge is 2.38. The molecule has 1 atom stereocenters. The molecular formula is C16H17NO3. The zero-order chi connectivity index (χ0) is 21.6. The molecule has 1 unspecified atom stereocenters. The third kappa shape index (κ3) is 2.88. The Morgan fingerprint density at radius 1 is 1.45 bits per heavy atom. The Labute approximate surface area is 129 Å². The number of rotatable bonds is 5. The second kappa shape index (κ2) is 5.46. The fourth-order valence-corrected chi connectivity index (χ4v) is 1.72. The normalized spacial score (nSPS) is 22.4. The van der Waals surface area contributed by atoms with E-state index < -0.39 is 71.8 Å². The van der Waals surface area contributed by atoms with Gasteiger partial charge in [-0.25, -0.2) is 0 Å². The Bertz CT molecular complexity index is 837. The summed E-state index contributed by atoms with van der Waals surface area (Å²) in [6.07, 6.45) is -0.563. The highest BCUT2D eigenvalue weighted by atomic mass is 16.5. The topological polar surface area (TPSA) is 67.2 Å². The van der Waals surface area contributed by atoms with Crippen LogP contribution in [0.3, 0.4) is 0 Å². The number of carbonyl (C=O) groups is 2. The van der Waals surface area contributed by atoms with E-state index in [9.17, 15) is 14.9 Å². The maximum atomic E-state index is 12.3. The summed E-state index contributed by atoms with van der Waals surface area (Å²) in [6, 6.07) is -0.361. The van der Waals surface area contributed by atoms with Crippen molar-refractivity contribution in [3.05, 3.63) is 28.8 Å². The molecule has 1 aliphatic rings. The van der Waals surface area contributed by atoms with E-state index in [-0.39, 0.29) is 0 Å². The van der Waals surface area contributed by atoms with Gasteiger partial charge in [-0.15, -0.1) is 0 Å². The fraction of sp³-hybridized carbons (Fsp3) is 0.438. The van der Waals surface area contributed by atoms with Crippen molar-refractivity contribution in [3.63, 3.8) is 0 Å². The molecule has 0 amide bonds. The quantitative estimate of drug-likeness (QED) is 0.777. The summed E-state index contributed by atoms with van der Waals surface area (Å²) >= 11 is 0. The summed E-state index contributed by atoms with van der Waals surface area (Å²) in [5, 5.41) is 9.34.